The van der Waals surface area contributed by atoms with Gasteiger partial charge in [-0.05, 0) is 42.9 Å². The maximum absolute atomic E-state index is 13.6. The fourth-order valence-electron chi connectivity index (χ4n) is 2.89. The number of rotatable bonds is 5. The molecular weight excluding hydrogens is 293 g/mol. The molecule has 21 heavy (non-hydrogen) atoms. The number of carbonyl (C=O) groups is 1. The first-order valence-corrected chi connectivity index (χ1v) is 7.87. The molecular formula is C16H21ClFNO2. The minimum atomic E-state index is -0.526. The Morgan fingerprint density at radius 1 is 1.38 bits per heavy atom. The summed E-state index contributed by atoms with van der Waals surface area (Å²) >= 11 is 5.99. The summed E-state index contributed by atoms with van der Waals surface area (Å²) in [6.45, 7) is 0.601. The molecule has 1 N–H and O–H groups in total. The summed E-state index contributed by atoms with van der Waals surface area (Å²) in [5.74, 6) is 0.882. The van der Waals surface area contributed by atoms with Gasteiger partial charge in [-0.25, -0.2) is 4.39 Å². The van der Waals surface area contributed by atoms with Crippen molar-refractivity contribution < 1.29 is 13.9 Å². The Morgan fingerprint density at radius 3 is 2.71 bits per heavy atom. The van der Waals surface area contributed by atoms with Gasteiger partial charge < -0.3 is 10.1 Å². The van der Waals surface area contributed by atoms with Crippen LogP contribution in [0.25, 0.3) is 0 Å². The third-order valence-electron chi connectivity index (χ3n) is 4.20. The molecule has 2 unspecified atom stereocenters. The molecule has 2 atom stereocenters. The zero-order chi connectivity index (χ0) is 15.2. The standard InChI is InChI=1S/C16H21ClFNO2/c1-21-15-7-6-11(8-14(15)18)16(20)19-10-13-5-3-2-4-12(13)9-17/h6-8,12-13H,2-5,9-10H2,1H3,(H,19,20). The summed E-state index contributed by atoms with van der Waals surface area (Å²) in [6.07, 6.45) is 4.62. The van der Waals surface area contributed by atoms with Crippen LogP contribution in [0, 0.1) is 17.7 Å². The summed E-state index contributed by atoms with van der Waals surface area (Å²) in [5, 5.41) is 2.89. The van der Waals surface area contributed by atoms with E-state index in [9.17, 15) is 9.18 Å². The topological polar surface area (TPSA) is 38.3 Å². The molecule has 0 spiro atoms. The van der Waals surface area contributed by atoms with E-state index in [0.717, 1.165) is 12.8 Å². The Kier molecular flexibility index (Phi) is 5.85. The molecule has 2 rings (SSSR count). The fourth-order valence-corrected chi connectivity index (χ4v) is 3.30. The van der Waals surface area contributed by atoms with Crippen molar-refractivity contribution in [3.63, 3.8) is 0 Å². The lowest BCUT2D eigenvalue weighted by Crippen LogP contribution is -2.34. The number of ether oxygens (including phenoxy) is 1. The van der Waals surface area contributed by atoms with E-state index in [1.165, 1.54) is 32.1 Å². The van der Waals surface area contributed by atoms with Gasteiger partial charge in [0, 0.05) is 18.0 Å². The van der Waals surface area contributed by atoms with Gasteiger partial charge in [-0.1, -0.05) is 12.8 Å². The molecule has 1 amide bonds. The van der Waals surface area contributed by atoms with Crippen LogP contribution in [0.15, 0.2) is 18.2 Å². The lowest BCUT2D eigenvalue weighted by Gasteiger charge is -2.30. The molecule has 3 nitrogen and oxygen atoms in total. The monoisotopic (exact) mass is 313 g/mol. The first-order chi connectivity index (χ1) is 10.2. The van der Waals surface area contributed by atoms with Gasteiger partial charge in [-0.2, -0.15) is 0 Å². The molecule has 0 aromatic heterocycles. The number of hydrogen-bond donors (Lipinski definition) is 1. The van der Waals surface area contributed by atoms with Crippen LogP contribution in [0.5, 0.6) is 5.75 Å². The molecule has 1 aliphatic carbocycles. The maximum Gasteiger partial charge on any atom is 0.251 e. The third kappa shape index (κ3) is 4.10. The van der Waals surface area contributed by atoms with Crippen molar-refractivity contribution in [2.24, 2.45) is 11.8 Å². The normalized spacial score (nSPS) is 21.9. The lowest BCUT2D eigenvalue weighted by molar-refractivity contribution is 0.0936. The molecule has 5 heteroatoms. The summed E-state index contributed by atoms with van der Waals surface area (Å²) in [6, 6.07) is 4.23. The second-order valence-corrected chi connectivity index (χ2v) is 5.83. The van der Waals surface area contributed by atoms with Gasteiger partial charge in [-0.3, -0.25) is 4.79 Å². The number of nitrogens with one attached hydrogen (secondary N) is 1. The predicted molar refractivity (Wildman–Crippen MR) is 81.5 cm³/mol. The minimum Gasteiger partial charge on any atom is -0.494 e. The highest BCUT2D eigenvalue weighted by Crippen LogP contribution is 2.30. The highest BCUT2D eigenvalue weighted by Gasteiger charge is 2.24. The molecule has 1 saturated carbocycles. The van der Waals surface area contributed by atoms with Crippen molar-refractivity contribution in [2.75, 3.05) is 19.5 Å². The van der Waals surface area contributed by atoms with Gasteiger partial charge in [0.15, 0.2) is 11.6 Å². The van der Waals surface area contributed by atoms with Crippen molar-refractivity contribution in [3.8, 4) is 5.75 Å². The van der Waals surface area contributed by atoms with E-state index in [-0.39, 0.29) is 11.7 Å². The first-order valence-electron chi connectivity index (χ1n) is 7.33. The average molecular weight is 314 g/mol. The summed E-state index contributed by atoms with van der Waals surface area (Å²) < 4.78 is 18.4. The van der Waals surface area contributed by atoms with E-state index in [0.29, 0.717) is 29.8 Å². The van der Waals surface area contributed by atoms with Crippen molar-refractivity contribution in [1.29, 1.82) is 0 Å². The van der Waals surface area contributed by atoms with Gasteiger partial charge >= 0.3 is 0 Å². The number of amides is 1. The zero-order valence-corrected chi connectivity index (χ0v) is 13.0. The van der Waals surface area contributed by atoms with Crippen molar-refractivity contribution >= 4 is 17.5 Å². The van der Waals surface area contributed by atoms with Crippen LogP contribution < -0.4 is 10.1 Å². The molecule has 0 saturated heterocycles. The highest BCUT2D eigenvalue weighted by atomic mass is 35.5. The van der Waals surface area contributed by atoms with E-state index in [1.54, 1.807) is 6.07 Å². The van der Waals surface area contributed by atoms with Crippen LogP contribution in [-0.2, 0) is 0 Å². The van der Waals surface area contributed by atoms with E-state index in [1.807, 2.05) is 0 Å². The summed E-state index contributed by atoms with van der Waals surface area (Å²) in [7, 11) is 1.40. The molecule has 0 aliphatic heterocycles. The largest absolute Gasteiger partial charge is 0.494 e. The molecule has 0 bridgehead atoms. The Morgan fingerprint density at radius 2 is 2.10 bits per heavy atom. The van der Waals surface area contributed by atoms with E-state index < -0.39 is 5.82 Å². The Balaban J connectivity index is 1.93. The van der Waals surface area contributed by atoms with Crippen molar-refractivity contribution in [2.45, 2.75) is 25.7 Å². The number of alkyl halides is 1. The second-order valence-electron chi connectivity index (χ2n) is 5.52. The van der Waals surface area contributed by atoms with Gasteiger partial charge in [-0.15, -0.1) is 11.6 Å². The molecule has 0 heterocycles. The molecule has 0 radical (unpaired) electrons. The average Bonchev–Trinajstić information content (AvgIpc) is 2.52. The third-order valence-corrected chi connectivity index (χ3v) is 4.60. The van der Waals surface area contributed by atoms with E-state index in [2.05, 4.69) is 5.32 Å². The summed E-state index contributed by atoms with van der Waals surface area (Å²) in [5.41, 5.74) is 0.312. The highest BCUT2D eigenvalue weighted by molar-refractivity contribution is 6.18. The van der Waals surface area contributed by atoms with Crippen molar-refractivity contribution in [1.82, 2.24) is 5.32 Å². The maximum atomic E-state index is 13.6. The zero-order valence-electron chi connectivity index (χ0n) is 12.2. The van der Waals surface area contributed by atoms with E-state index >= 15 is 0 Å². The summed E-state index contributed by atoms with van der Waals surface area (Å²) in [4.78, 5) is 12.1. The Labute approximate surface area is 129 Å². The second kappa shape index (κ2) is 7.64. The number of benzene rings is 1. The van der Waals surface area contributed by atoms with Gasteiger partial charge in [0.05, 0.1) is 7.11 Å². The van der Waals surface area contributed by atoms with Crippen LogP contribution in [0.3, 0.4) is 0 Å². The van der Waals surface area contributed by atoms with Crippen molar-refractivity contribution in [3.05, 3.63) is 29.6 Å². The van der Waals surface area contributed by atoms with E-state index in [4.69, 9.17) is 16.3 Å². The minimum absolute atomic E-state index is 0.140. The molecule has 1 fully saturated rings. The first kappa shape index (κ1) is 16.1. The van der Waals surface area contributed by atoms with Gasteiger partial charge in [0.1, 0.15) is 0 Å². The number of carbonyl (C=O) groups excluding carboxylic acids is 1. The lowest BCUT2D eigenvalue weighted by atomic mass is 9.80. The molecule has 116 valence electrons. The van der Waals surface area contributed by atoms with Gasteiger partial charge in [0.25, 0.3) is 5.91 Å². The number of halogens is 2. The van der Waals surface area contributed by atoms with Crippen LogP contribution in [0.1, 0.15) is 36.0 Å². The quantitative estimate of drug-likeness (QED) is 0.843. The van der Waals surface area contributed by atoms with Crippen LogP contribution in [0.2, 0.25) is 0 Å². The SMILES string of the molecule is COc1ccc(C(=O)NCC2CCCCC2CCl)cc1F. The molecule has 1 aromatic carbocycles. The molecule has 1 aliphatic rings. The fraction of sp³-hybridized carbons (Fsp3) is 0.562. The predicted octanol–water partition coefficient (Wildman–Crippen LogP) is 3.61. The van der Waals surface area contributed by atoms with Crippen LogP contribution >= 0.6 is 11.6 Å². The van der Waals surface area contributed by atoms with Crippen LogP contribution in [0.4, 0.5) is 4.39 Å². The van der Waals surface area contributed by atoms with Gasteiger partial charge in [0.2, 0.25) is 0 Å². The Bertz CT molecular complexity index is 495. The molecule has 1 aromatic rings. The Hall–Kier alpha value is -1.29. The number of methoxy groups -OCH3 is 1. The van der Waals surface area contributed by atoms with Crippen LogP contribution in [-0.4, -0.2) is 25.4 Å². The number of hydrogen-bond acceptors (Lipinski definition) is 2. The smallest absolute Gasteiger partial charge is 0.251 e.